The zero-order valence-electron chi connectivity index (χ0n) is 12.6. The maximum Gasteiger partial charge on any atom is 0.255 e. The van der Waals surface area contributed by atoms with E-state index in [4.69, 9.17) is 4.74 Å². The van der Waals surface area contributed by atoms with Crippen molar-refractivity contribution in [1.82, 2.24) is 14.5 Å². The first-order valence-electron chi connectivity index (χ1n) is 7.14. The van der Waals surface area contributed by atoms with Gasteiger partial charge >= 0.3 is 0 Å². The van der Waals surface area contributed by atoms with Crippen LogP contribution < -0.4 is 15.6 Å². The highest BCUT2D eigenvalue weighted by atomic mass is 16.5. The number of ether oxygens (including phenoxy) is 1. The van der Waals surface area contributed by atoms with E-state index in [1.165, 1.54) is 10.6 Å². The van der Waals surface area contributed by atoms with E-state index in [1.54, 1.807) is 19.4 Å². The molecular formula is C17H16N4O2. The van der Waals surface area contributed by atoms with Crippen molar-refractivity contribution in [2.24, 2.45) is 7.05 Å². The molecule has 0 saturated heterocycles. The minimum absolute atomic E-state index is 0.144. The fourth-order valence-electron chi connectivity index (χ4n) is 2.07. The number of benzene rings is 1. The van der Waals surface area contributed by atoms with Gasteiger partial charge in [0, 0.05) is 31.1 Å². The summed E-state index contributed by atoms with van der Waals surface area (Å²) in [6.07, 6.45) is 3.33. The Hall–Kier alpha value is -3.15. The second-order valence-corrected chi connectivity index (χ2v) is 4.88. The highest BCUT2D eigenvalue weighted by Gasteiger charge is 2.07. The van der Waals surface area contributed by atoms with Crippen LogP contribution in [0.5, 0.6) is 5.75 Å². The van der Waals surface area contributed by atoms with E-state index in [1.807, 2.05) is 42.5 Å². The van der Waals surface area contributed by atoms with Gasteiger partial charge in [-0.3, -0.25) is 14.3 Å². The van der Waals surface area contributed by atoms with Gasteiger partial charge in [0.1, 0.15) is 5.75 Å². The van der Waals surface area contributed by atoms with Crippen molar-refractivity contribution in [3.05, 3.63) is 71.3 Å². The van der Waals surface area contributed by atoms with Crippen LogP contribution in [0.3, 0.4) is 0 Å². The van der Waals surface area contributed by atoms with Gasteiger partial charge < -0.3 is 10.1 Å². The zero-order valence-corrected chi connectivity index (χ0v) is 12.6. The summed E-state index contributed by atoms with van der Waals surface area (Å²) in [5.41, 5.74) is 1.29. The molecular weight excluding hydrogens is 292 g/mol. The van der Waals surface area contributed by atoms with E-state index in [0.29, 0.717) is 11.6 Å². The molecule has 0 unspecified atom stereocenters. The molecule has 6 heteroatoms. The minimum atomic E-state index is -0.144. The molecule has 2 heterocycles. The molecule has 116 valence electrons. The molecule has 0 atom stereocenters. The van der Waals surface area contributed by atoms with E-state index in [-0.39, 0.29) is 12.3 Å². The van der Waals surface area contributed by atoms with Crippen LogP contribution >= 0.6 is 0 Å². The summed E-state index contributed by atoms with van der Waals surface area (Å²) < 4.78 is 7.02. The molecule has 0 aliphatic rings. The standard InChI is InChI=1S/C17H16N4O2/c1-21-16(22)11-15(13-7-9-18-10-8-13)20-17(21)19-12-23-14-5-3-2-4-6-14/h2-11H,12H2,1H3,(H,19,20). The molecule has 1 N–H and O–H groups in total. The topological polar surface area (TPSA) is 69.0 Å². The number of para-hydroxylation sites is 1. The van der Waals surface area contributed by atoms with Crippen LogP contribution in [0, 0.1) is 0 Å². The van der Waals surface area contributed by atoms with Crippen LogP contribution in [0.4, 0.5) is 5.95 Å². The Morgan fingerprint density at radius 2 is 1.87 bits per heavy atom. The molecule has 0 aliphatic carbocycles. The van der Waals surface area contributed by atoms with Gasteiger partial charge in [-0.15, -0.1) is 0 Å². The number of rotatable bonds is 5. The highest BCUT2D eigenvalue weighted by molar-refractivity contribution is 5.59. The summed E-state index contributed by atoms with van der Waals surface area (Å²) in [6.45, 7) is 0.212. The molecule has 0 saturated carbocycles. The lowest BCUT2D eigenvalue weighted by Gasteiger charge is -2.12. The van der Waals surface area contributed by atoms with Gasteiger partial charge in [0.2, 0.25) is 5.95 Å². The molecule has 0 fully saturated rings. The fraction of sp³-hybridized carbons (Fsp3) is 0.118. The molecule has 3 rings (SSSR count). The third kappa shape index (κ3) is 3.55. The SMILES string of the molecule is Cn1c(NCOc2ccccc2)nc(-c2ccncc2)cc1=O. The Kier molecular flexibility index (Phi) is 4.33. The Bertz CT molecular complexity index is 832. The van der Waals surface area contributed by atoms with Crippen molar-refractivity contribution in [2.45, 2.75) is 0 Å². The van der Waals surface area contributed by atoms with Crippen LogP contribution in [0.2, 0.25) is 0 Å². The minimum Gasteiger partial charge on any atom is -0.473 e. The molecule has 0 aliphatic heterocycles. The zero-order chi connectivity index (χ0) is 16.1. The van der Waals surface area contributed by atoms with Gasteiger partial charge in [-0.25, -0.2) is 4.98 Å². The first-order valence-corrected chi connectivity index (χ1v) is 7.14. The Morgan fingerprint density at radius 3 is 2.61 bits per heavy atom. The summed E-state index contributed by atoms with van der Waals surface area (Å²) in [7, 11) is 1.66. The summed E-state index contributed by atoms with van der Waals surface area (Å²) in [4.78, 5) is 20.5. The number of nitrogens with zero attached hydrogens (tertiary/aromatic N) is 3. The molecule has 6 nitrogen and oxygen atoms in total. The highest BCUT2D eigenvalue weighted by Crippen LogP contribution is 2.15. The van der Waals surface area contributed by atoms with E-state index >= 15 is 0 Å². The maximum absolute atomic E-state index is 12.1. The van der Waals surface area contributed by atoms with Crippen LogP contribution in [0.15, 0.2) is 65.7 Å². The van der Waals surface area contributed by atoms with Crippen molar-refractivity contribution >= 4 is 5.95 Å². The monoisotopic (exact) mass is 308 g/mol. The van der Waals surface area contributed by atoms with Crippen molar-refractivity contribution in [3.63, 3.8) is 0 Å². The maximum atomic E-state index is 12.1. The lowest BCUT2D eigenvalue weighted by atomic mass is 10.2. The molecule has 0 bridgehead atoms. The number of nitrogens with one attached hydrogen (secondary N) is 1. The van der Waals surface area contributed by atoms with Gasteiger partial charge in [-0.1, -0.05) is 18.2 Å². The largest absolute Gasteiger partial charge is 0.473 e. The van der Waals surface area contributed by atoms with Gasteiger partial charge in [0.25, 0.3) is 5.56 Å². The van der Waals surface area contributed by atoms with Crippen LogP contribution in [-0.4, -0.2) is 21.3 Å². The average molecular weight is 308 g/mol. The molecule has 1 aromatic carbocycles. The Labute approximate surface area is 133 Å². The molecule has 0 amide bonds. The summed E-state index contributed by atoms with van der Waals surface area (Å²) >= 11 is 0. The molecule has 3 aromatic rings. The van der Waals surface area contributed by atoms with E-state index in [9.17, 15) is 4.79 Å². The normalized spacial score (nSPS) is 10.3. The lowest BCUT2D eigenvalue weighted by Crippen LogP contribution is -2.23. The van der Waals surface area contributed by atoms with E-state index in [0.717, 1.165) is 11.3 Å². The summed E-state index contributed by atoms with van der Waals surface area (Å²) in [5.74, 6) is 1.19. The molecule has 0 radical (unpaired) electrons. The number of hydrogen-bond acceptors (Lipinski definition) is 5. The van der Waals surface area contributed by atoms with Gasteiger partial charge in [0.05, 0.1) is 5.69 Å². The van der Waals surface area contributed by atoms with Crippen LogP contribution in [0.25, 0.3) is 11.3 Å². The summed E-state index contributed by atoms with van der Waals surface area (Å²) in [6, 6.07) is 14.6. The van der Waals surface area contributed by atoms with Crippen LogP contribution in [0.1, 0.15) is 0 Å². The fourth-order valence-corrected chi connectivity index (χ4v) is 2.07. The number of hydrogen-bond donors (Lipinski definition) is 1. The van der Waals surface area contributed by atoms with Crippen molar-refractivity contribution in [2.75, 3.05) is 12.0 Å². The predicted octanol–water partition coefficient (Wildman–Crippen LogP) is 2.29. The van der Waals surface area contributed by atoms with Crippen molar-refractivity contribution in [1.29, 1.82) is 0 Å². The predicted molar refractivity (Wildman–Crippen MR) is 88.3 cm³/mol. The van der Waals surface area contributed by atoms with Gasteiger partial charge in [-0.05, 0) is 24.3 Å². The Balaban J connectivity index is 1.79. The number of aromatic nitrogens is 3. The van der Waals surface area contributed by atoms with E-state index in [2.05, 4.69) is 15.3 Å². The summed E-state index contributed by atoms with van der Waals surface area (Å²) in [5, 5.41) is 3.03. The lowest BCUT2D eigenvalue weighted by molar-refractivity contribution is 0.345. The Morgan fingerprint density at radius 1 is 1.13 bits per heavy atom. The quantitative estimate of drug-likeness (QED) is 0.732. The number of pyridine rings is 1. The first-order chi connectivity index (χ1) is 11.2. The first kappa shape index (κ1) is 14.8. The molecule has 0 spiro atoms. The second kappa shape index (κ2) is 6.74. The molecule has 2 aromatic heterocycles. The van der Waals surface area contributed by atoms with E-state index < -0.39 is 0 Å². The average Bonchev–Trinajstić information content (AvgIpc) is 2.60. The third-order valence-electron chi connectivity index (χ3n) is 3.32. The third-order valence-corrected chi connectivity index (χ3v) is 3.32. The van der Waals surface area contributed by atoms with Gasteiger partial charge in [0.15, 0.2) is 6.73 Å². The van der Waals surface area contributed by atoms with Gasteiger partial charge in [-0.2, -0.15) is 0 Å². The number of anilines is 1. The molecule has 23 heavy (non-hydrogen) atoms. The second-order valence-electron chi connectivity index (χ2n) is 4.88. The van der Waals surface area contributed by atoms with Crippen LogP contribution in [-0.2, 0) is 7.05 Å². The van der Waals surface area contributed by atoms with Crippen molar-refractivity contribution < 1.29 is 4.74 Å². The smallest absolute Gasteiger partial charge is 0.255 e. The van der Waals surface area contributed by atoms with Crippen molar-refractivity contribution in [3.8, 4) is 17.0 Å².